The van der Waals surface area contributed by atoms with E-state index in [1.807, 2.05) is 6.07 Å². The molecule has 2 rings (SSSR count). The molecule has 0 unspecified atom stereocenters. The fourth-order valence-electron chi connectivity index (χ4n) is 2.60. The van der Waals surface area contributed by atoms with Crippen molar-refractivity contribution in [2.45, 2.75) is 32.1 Å². The molecule has 5 heteroatoms. The van der Waals surface area contributed by atoms with Gasteiger partial charge in [0.25, 0.3) is 5.91 Å². The largest absolute Gasteiger partial charge is 0.354 e. The van der Waals surface area contributed by atoms with E-state index in [1.165, 1.54) is 32.1 Å². The summed E-state index contributed by atoms with van der Waals surface area (Å²) in [7, 11) is 0. The van der Waals surface area contributed by atoms with Crippen molar-refractivity contribution in [3.05, 3.63) is 34.3 Å². The van der Waals surface area contributed by atoms with Gasteiger partial charge in [-0.2, -0.15) is 0 Å². The number of hydrogen-bond donors (Lipinski definition) is 2. The Labute approximate surface area is 133 Å². The van der Waals surface area contributed by atoms with Gasteiger partial charge < -0.3 is 10.6 Å². The normalized spacial score (nSPS) is 15.5. The lowest BCUT2D eigenvalue weighted by Gasteiger charge is -2.21. The predicted octanol–water partition coefficient (Wildman–Crippen LogP) is 2.88. The molecule has 1 saturated carbocycles. The molecule has 21 heavy (non-hydrogen) atoms. The topological polar surface area (TPSA) is 58.2 Å². The van der Waals surface area contributed by atoms with Crippen LogP contribution >= 0.6 is 15.9 Å². The minimum absolute atomic E-state index is 0.0259. The molecule has 0 heterocycles. The van der Waals surface area contributed by atoms with Crippen molar-refractivity contribution >= 4 is 27.7 Å². The van der Waals surface area contributed by atoms with Gasteiger partial charge in [0.05, 0.1) is 6.54 Å². The first kappa shape index (κ1) is 16.0. The highest BCUT2D eigenvalue weighted by atomic mass is 79.9. The number of carbonyl (C=O) groups excluding carboxylic acids is 2. The van der Waals surface area contributed by atoms with E-state index in [9.17, 15) is 9.59 Å². The number of amides is 2. The van der Waals surface area contributed by atoms with Crippen LogP contribution < -0.4 is 10.6 Å². The Morgan fingerprint density at radius 1 is 1.14 bits per heavy atom. The maximum Gasteiger partial charge on any atom is 0.251 e. The van der Waals surface area contributed by atoms with Crippen LogP contribution in [0.25, 0.3) is 0 Å². The van der Waals surface area contributed by atoms with E-state index < -0.39 is 0 Å². The van der Waals surface area contributed by atoms with Gasteiger partial charge >= 0.3 is 0 Å². The third-order valence-electron chi connectivity index (χ3n) is 3.81. The second-order valence-corrected chi connectivity index (χ2v) is 6.42. The van der Waals surface area contributed by atoms with Gasteiger partial charge in [-0.25, -0.2) is 0 Å². The maximum absolute atomic E-state index is 11.9. The summed E-state index contributed by atoms with van der Waals surface area (Å²) in [6.45, 7) is 0.754. The van der Waals surface area contributed by atoms with Crippen molar-refractivity contribution in [1.82, 2.24) is 10.6 Å². The van der Waals surface area contributed by atoms with E-state index in [0.717, 1.165) is 11.0 Å². The van der Waals surface area contributed by atoms with E-state index in [0.29, 0.717) is 11.5 Å². The number of carbonyl (C=O) groups is 2. The van der Waals surface area contributed by atoms with Crippen LogP contribution in [0.5, 0.6) is 0 Å². The third-order valence-corrected chi connectivity index (χ3v) is 4.30. The number of hydrogen-bond acceptors (Lipinski definition) is 2. The molecule has 2 N–H and O–H groups in total. The average Bonchev–Trinajstić information content (AvgIpc) is 2.51. The van der Waals surface area contributed by atoms with Crippen molar-refractivity contribution in [2.75, 3.05) is 13.1 Å². The van der Waals surface area contributed by atoms with Gasteiger partial charge in [-0.1, -0.05) is 41.3 Å². The quantitative estimate of drug-likeness (QED) is 0.855. The molecule has 1 aromatic rings. The SMILES string of the molecule is O=C(CNC(=O)c1cccc(Br)c1)NCC1CCCCC1. The highest BCUT2D eigenvalue weighted by Crippen LogP contribution is 2.22. The Bertz CT molecular complexity index is 499. The zero-order valence-corrected chi connectivity index (χ0v) is 13.6. The second kappa shape index (κ2) is 8.17. The highest BCUT2D eigenvalue weighted by Gasteiger charge is 2.14. The number of rotatable bonds is 5. The maximum atomic E-state index is 11.9. The monoisotopic (exact) mass is 352 g/mol. The Morgan fingerprint density at radius 2 is 1.90 bits per heavy atom. The van der Waals surface area contributed by atoms with Crippen molar-refractivity contribution in [3.8, 4) is 0 Å². The minimum atomic E-state index is -0.232. The van der Waals surface area contributed by atoms with E-state index in [-0.39, 0.29) is 18.4 Å². The van der Waals surface area contributed by atoms with E-state index in [1.54, 1.807) is 18.2 Å². The van der Waals surface area contributed by atoms with Gasteiger partial charge in [0.2, 0.25) is 5.91 Å². The molecule has 1 aliphatic carbocycles. The molecular formula is C16H21BrN2O2. The van der Waals surface area contributed by atoms with Crippen LogP contribution in [0, 0.1) is 5.92 Å². The molecule has 1 aromatic carbocycles. The first-order valence-corrected chi connectivity index (χ1v) is 8.25. The van der Waals surface area contributed by atoms with Crippen LogP contribution in [0.15, 0.2) is 28.7 Å². The molecule has 0 bridgehead atoms. The van der Waals surface area contributed by atoms with Gasteiger partial charge in [-0.05, 0) is 37.0 Å². The smallest absolute Gasteiger partial charge is 0.251 e. The fraction of sp³-hybridized carbons (Fsp3) is 0.500. The molecule has 1 aliphatic rings. The Hall–Kier alpha value is -1.36. The summed E-state index contributed by atoms with van der Waals surface area (Å²) in [6, 6.07) is 7.10. The van der Waals surface area contributed by atoms with Crippen LogP contribution in [0.4, 0.5) is 0 Å². The summed E-state index contributed by atoms with van der Waals surface area (Å²) < 4.78 is 0.844. The second-order valence-electron chi connectivity index (χ2n) is 5.50. The molecule has 2 amide bonds. The van der Waals surface area contributed by atoms with Gasteiger partial charge in [0.15, 0.2) is 0 Å². The van der Waals surface area contributed by atoms with Crippen molar-refractivity contribution in [1.29, 1.82) is 0 Å². The summed E-state index contributed by atoms with van der Waals surface area (Å²) in [5, 5.41) is 5.55. The summed E-state index contributed by atoms with van der Waals surface area (Å²) in [4.78, 5) is 23.6. The van der Waals surface area contributed by atoms with Gasteiger partial charge in [0.1, 0.15) is 0 Å². The molecule has 1 fully saturated rings. The fourth-order valence-corrected chi connectivity index (χ4v) is 3.00. The molecule has 4 nitrogen and oxygen atoms in total. The van der Waals surface area contributed by atoms with Gasteiger partial charge in [-0.15, -0.1) is 0 Å². The highest BCUT2D eigenvalue weighted by molar-refractivity contribution is 9.10. The van der Waals surface area contributed by atoms with Crippen molar-refractivity contribution in [3.63, 3.8) is 0 Å². The zero-order chi connectivity index (χ0) is 15.1. The zero-order valence-electron chi connectivity index (χ0n) is 12.0. The number of benzene rings is 1. The first-order valence-electron chi connectivity index (χ1n) is 7.45. The van der Waals surface area contributed by atoms with E-state index in [4.69, 9.17) is 0 Å². The molecule has 0 atom stereocenters. The molecule has 0 saturated heterocycles. The first-order chi connectivity index (χ1) is 10.1. The van der Waals surface area contributed by atoms with Crippen LogP contribution in [0.2, 0.25) is 0 Å². The molecule has 0 aliphatic heterocycles. The van der Waals surface area contributed by atoms with Crippen molar-refractivity contribution in [2.24, 2.45) is 5.92 Å². The Kier molecular flexibility index (Phi) is 6.23. The summed E-state index contributed by atoms with van der Waals surface area (Å²) in [5.74, 6) is 0.247. The van der Waals surface area contributed by atoms with E-state index in [2.05, 4.69) is 26.6 Å². The Morgan fingerprint density at radius 3 is 2.62 bits per heavy atom. The molecular weight excluding hydrogens is 332 g/mol. The minimum Gasteiger partial charge on any atom is -0.354 e. The molecule has 0 radical (unpaired) electrons. The van der Waals surface area contributed by atoms with E-state index >= 15 is 0 Å². The molecule has 0 aromatic heterocycles. The van der Waals surface area contributed by atoms with Gasteiger partial charge in [0, 0.05) is 16.6 Å². The van der Waals surface area contributed by atoms with Crippen molar-refractivity contribution < 1.29 is 9.59 Å². The van der Waals surface area contributed by atoms with Crippen LogP contribution in [-0.4, -0.2) is 24.9 Å². The molecule has 0 spiro atoms. The lowest BCUT2D eigenvalue weighted by Crippen LogP contribution is -2.39. The lowest BCUT2D eigenvalue weighted by atomic mass is 9.89. The summed E-state index contributed by atoms with van der Waals surface area (Å²) >= 11 is 3.32. The summed E-state index contributed by atoms with van der Waals surface area (Å²) in [5.41, 5.74) is 0.546. The average molecular weight is 353 g/mol. The van der Waals surface area contributed by atoms with Gasteiger partial charge in [-0.3, -0.25) is 9.59 Å². The van der Waals surface area contributed by atoms with Crippen LogP contribution in [-0.2, 0) is 4.79 Å². The molecule has 114 valence electrons. The van der Waals surface area contributed by atoms with Crippen LogP contribution in [0.1, 0.15) is 42.5 Å². The predicted molar refractivity (Wildman–Crippen MR) is 86.1 cm³/mol. The van der Waals surface area contributed by atoms with Crippen LogP contribution in [0.3, 0.4) is 0 Å². The number of nitrogens with one attached hydrogen (secondary N) is 2. The Balaban J connectivity index is 1.69. The standard InChI is InChI=1S/C16H21BrN2O2/c17-14-8-4-7-13(9-14)16(21)19-11-15(20)18-10-12-5-2-1-3-6-12/h4,7-9,12H,1-3,5-6,10-11H2,(H,18,20)(H,19,21). The summed E-state index contributed by atoms with van der Waals surface area (Å²) in [6.07, 6.45) is 6.24. The number of halogens is 1. The third kappa shape index (κ3) is 5.50. The lowest BCUT2D eigenvalue weighted by molar-refractivity contribution is -0.120.